The number of hydrogen-bond donors (Lipinski definition) is 0. The van der Waals surface area contributed by atoms with E-state index in [0.717, 1.165) is 10.4 Å². The van der Waals surface area contributed by atoms with Crippen LogP contribution < -0.4 is 10.4 Å². The van der Waals surface area contributed by atoms with Gasteiger partial charge in [0.25, 0.3) is 8.32 Å². The number of benzene rings is 2. The number of cyclic esters (lactones) is 1. The second-order valence-electron chi connectivity index (χ2n) is 8.45. The molecule has 2 atom stereocenters. The lowest BCUT2D eigenvalue weighted by molar-refractivity contribution is -0.140. The van der Waals surface area contributed by atoms with Crippen LogP contribution in [-0.4, -0.2) is 32.3 Å². The van der Waals surface area contributed by atoms with Gasteiger partial charge in [0, 0.05) is 0 Å². The lowest BCUT2D eigenvalue weighted by Gasteiger charge is -2.44. The van der Waals surface area contributed by atoms with Crippen molar-refractivity contribution in [2.75, 3.05) is 0 Å². The lowest BCUT2D eigenvalue weighted by atomic mass is 10.1. The fraction of sp³-hybridized carbons (Fsp3) is 0.333. The van der Waals surface area contributed by atoms with Gasteiger partial charge in [-0.05, 0) is 34.5 Å². The highest BCUT2D eigenvalue weighted by atomic mass is 28.4. The fourth-order valence-electron chi connectivity index (χ4n) is 3.98. The number of allylic oxidation sites excluding steroid dienone is 1. The zero-order valence-electron chi connectivity index (χ0n) is 17.4. The van der Waals surface area contributed by atoms with Crippen molar-refractivity contribution in [3.05, 3.63) is 72.8 Å². The Morgan fingerprint density at radius 3 is 2.00 bits per heavy atom. The quantitative estimate of drug-likeness (QED) is 0.418. The molecule has 5 heteroatoms. The van der Waals surface area contributed by atoms with Gasteiger partial charge in [-0.15, -0.1) is 0 Å². The molecule has 152 valence electrons. The van der Waals surface area contributed by atoms with Crippen molar-refractivity contribution in [1.82, 2.24) is 0 Å². The third-order valence-corrected chi connectivity index (χ3v) is 10.3. The average Bonchev–Trinajstić information content (AvgIpc) is 3.04. The summed E-state index contributed by atoms with van der Waals surface area (Å²) in [5.41, 5.74) is 0. The van der Waals surface area contributed by atoms with Crippen molar-refractivity contribution in [2.24, 2.45) is 0 Å². The van der Waals surface area contributed by atoms with Gasteiger partial charge in [-0.2, -0.15) is 0 Å². The molecule has 1 heterocycles. The van der Waals surface area contributed by atoms with Gasteiger partial charge in [0.05, 0.1) is 12.5 Å². The maximum absolute atomic E-state index is 12.1. The van der Waals surface area contributed by atoms with E-state index >= 15 is 0 Å². The van der Waals surface area contributed by atoms with Gasteiger partial charge in [-0.3, -0.25) is 9.59 Å². The Morgan fingerprint density at radius 2 is 1.55 bits per heavy atom. The smallest absolute Gasteiger partial charge is 0.309 e. The summed E-state index contributed by atoms with van der Waals surface area (Å²) < 4.78 is 12.5. The van der Waals surface area contributed by atoms with Crippen LogP contribution >= 0.6 is 0 Å². The van der Waals surface area contributed by atoms with Crippen LogP contribution in [0.3, 0.4) is 0 Å². The van der Waals surface area contributed by atoms with Crippen LogP contribution in [0.4, 0.5) is 0 Å². The molecule has 1 fully saturated rings. The molecule has 2 aromatic rings. The average molecular weight is 409 g/mol. The van der Waals surface area contributed by atoms with Crippen molar-refractivity contribution < 1.29 is 18.8 Å². The number of ether oxygens (including phenoxy) is 1. The maximum atomic E-state index is 12.1. The summed E-state index contributed by atoms with van der Waals surface area (Å²) in [6.07, 6.45) is 2.27. The summed E-state index contributed by atoms with van der Waals surface area (Å²) in [7, 11) is -2.79. The van der Waals surface area contributed by atoms with Gasteiger partial charge >= 0.3 is 5.97 Å². The summed E-state index contributed by atoms with van der Waals surface area (Å²) >= 11 is 0. The molecule has 0 spiro atoms. The first-order valence-electron chi connectivity index (χ1n) is 9.91. The van der Waals surface area contributed by atoms with Gasteiger partial charge in [0.15, 0.2) is 5.78 Å². The molecule has 1 saturated heterocycles. The van der Waals surface area contributed by atoms with E-state index in [1.165, 1.54) is 13.0 Å². The number of esters is 1. The van der Waals surface area contributed by atoms with E-state index < -0.39 is 20.5 Å². The number of hydrogen-bond acceptors (Lipinski definition) is 4. The van der Waals surface area contributed by atoms with Crippen molar-refractivity contribution in [3.63, 3.8) is 0 Å². The second-order valence-corrected chi connectivity index (χ2v) is 12.7. The van der Waals surface area contributed by atoms with Gasteiger partial charge in [0.1, 0.15) is 6.10 Å². The van der Waals surface area contributed by atoms with E-state index in [-0.39, 0.29) is 23.2 Å². The molecule has 0 aromatic heterocycles. The first-order valence-corrected chi connectivity index (χ1v) is 11.8. The Morgan fingerprint density at radius 1 is 1.03 bits per heavy atom. The Bertz CT molecular complexity index is 845. The monoisotopic (exact) mass is 408 g/mol. The largest absolute Gasteiger partial charge is 0.455 e. The lowest BCUT2D eigenvalue weighted by Crippen LogP contribution is -2.68. The number of carbonyl (C=O) groups is 2. The Balaban J connectivity index is 2.13. The van der Waals surface area contributed by atoms with Crippen molar-refractivity contribution >= 4 is 30.4 Å². The SMILES string of the molecule is CC(=O)/C=C/[C@H]1OC(=O)C[C@H]1O[Si](c1ccccc1)(c1ccccc1)C(C)(C)C. The van der Waals surface area contributed by atoms with E-state index in [0.29, 0.717) is 0 Å². The van der Waals surface area contributed by atoms with E-state index in [9.17, 15) is 9.59 Å². The third kappa shape index (κ3) is 4.41. The zero-order valence-corrected chi connectivity index (χ0v) is 18.4. The molecule has 2 aromatic carbocycles. The first kappa shape index (κ1) is 21.2. The molecule has 0 amide bonds. The predicted octanol–water partition coefficient (Wildman–Crippen LogP) is 3.39. The Hall–Kier alpha value is -2.50. The summed E-state index contributed by atoms with van der Waals surface area (Å²) in [6.45, 7) is 8.05. The maximum Gasteiger partial charge on any atom is 0.309 e. The topological polar surface area (TPSA) is 52.6 Å². The normalized spacial score (nSPS) is 20.1. The van der Waals surface area contributed by atoms with E-state index in [1.54, 1.807) is 6.08 Å². The molecule has 1 aliphatic rings. The second kappa shape index (κ2) is 8.47. The van der Waals surface area contributed by atoms with Crippen LogP contribution in [0.15, 0.2) is 72.8 Å². The molecule has 0 radical (unpaired) electrons. The minimum atomic E-state index is -2.79. The molecule has 0 unspecified atom stereocenters. The van der Waals surface area contributed by atoms with E-state index in [4.69, 9.17) is 9.16 Å². The first-order chi connectivity index (χ1) is 13.7. The summed E-state index contributed by atoms with van der Waals surface area (Å²) in [4.78, 5) is 23.5. The van der Waals surface area contributed by atoms with Crippen molar-refractivity contribution in [3.8, 4) is 0 Å². The molecular weight excluding hydrogens is 380 g/mol. The zero-order chi connectivity index (χ0) is 21.1. The van der Waals surface area contributed by atoms with E-state index in [2.05, 4.69) is 45.0 Å². The van der Waals surface area contributed by atoms with Crippen LogP contribution in [0.1, 0.15) is 34.1 Å². The summed E-state index contributed by atoms with van der Waals surface area (Å²) in [6, 6.07) is 20.6. The Labute approximate surface area is 173 Å². The van der Waals surface area contributed by atoms with Crippen LogP contribution in [0.25, 0.3) is 0 Å². The standard InChI is InChI=1S/C24H28O4Si/c1-18(25)15-16-21-22(17-23(26)27-21)28-29(24(2,3)4,19-11-7-5-8-12-19)20-13-9-6-10-14-20/h5-16,21-22H,17H2,1-4H3/b16-15+/t21-,22-/m1/s1. The molecule has 29 heavy (non-hydrogen) atoms. The Kier molecular flexibility index (Phi) is 6.20. The molecule has 0 saturated carbocycles. The van der Waals surface area contributed by atoms with Crippen LogP contribution in [0.5, 0.6) is 0 Å². The predicted molar refractivity (Wildman–Crippen MR) is 117 cm³/mol. The molecule has 1 aliphatic heterocycles. The number of ketones is 1. The molecule has 3 rings (SSSR count). The highest BCUT2D eigenvalue weighted by Crippen LogP contribution is 2.39. The third-order valence-electron chi connectivity index (χ3n) is 5.27. The van der Waals surface area contributed by atoms with Crippen molar-refractivity contribution in [1.29, 1.82) is 0 Å². The fourth-order valence-corrected chi connectivity index (χ4v) is 8.66. The molecule has 0 aliphatic carbocycles. The van der Waals surface area contributed by atoms with Gasteiger partial charge in [-0.1, -0.05) is 81.4 Å². The van der Waals surface area contributed by atoms with Crippen LogP contribution in [0, 0.1) is 0 Å². The van der Waals surface area contributed by atoms with Gasteiger partial charge in [0.2, 0.25) is 0 Å². The molecule has 4 nitrogen and oxygen atoms in total. The minimum absolute atomic E-state index is 0.0860. The van der Waals surface area contributed by atoms with E-state index in [1.807, 2.05) is 36.4 Å². The molecule has 0 N–H and O–H groups in total. The van der Waals surface area contributed by atoms with Crippen LogP contribution in [0.2, 0.25) is 5.04 Å². The van der Waals surface area contributed by atoms with Crippen molar-refractivity contribution in [2.45, 2.75) is 51.4 Å². The summed E-state index contributed by atoms with van der Waals surface area (Å²) in [5.74, 6) is -0.386. The highest BCUT2D eigenvalue weighted by molar-refractivity contribution is 6.99. The van der Waals surface area contributed by atoms with Gasteiger partial charge < -0.3 is 9.16 Å². The summed E-state index contributed by atoms with van der Waals surface area (Å²) in [5, 5.41) is 2.09. The van der Waals surface area contributed by atoms with Gasteiger partial charge in [-0.25, -0.2) is 0 Å². The van der Waals surface area contributed by atoms with Crippen LogP contribution in [-0.2, 0) is 18.8 Å². The molecular formula is C24H28O4Si. The number of carbonyl (C=O) groups excluding carboxylic acids is 2. The minimum Gasteiger partial charge on any atom is -0.455 e. The molecule has 0 bridgehead atoms. The highest BCUT2D eigenvalue weighted by Gasteiger charge is 2.53. The number of rotatable bonds is 6.